The fourth-order valence-electron chi connectivity index (χ4n) is 0.249. The van der Waals surface area contributed by atoms with E-state index < -0.39 is 18.2 Å². The summed E-state index contributed by atoms with van der Waals surface area (Å²) in [5, 5.41) is 0. The number of nitrogens with zero attached hydrogens (tertiary/aromatic N) is 2. The molecule has 0 saturated carbocycles. The predicted molar refractivity (Wildman–Crippen MR) is 41.7 cm³/mol. The molecule has 2 amide bonds. The van der Waals surface area contributed by atoms with Crippen molar-refractivity contribution in [2.75, 3.05) is 0 Å². The molecule has 0 aromatic rings. The van der Waals surface area contributed by atoms with Gasteiger partial charge in [-0.15, -0.1) is 0 Å². The van der Waals surface area contributed by atoms with Crippen molar-refractivity contribution in [1.82, 2.24) is 7.88 Å². The topological polar surface area (TPSA) is 40.6 Å². The fourth-order valence-corrected chi connectivity index (χ4v) is 0.488. The summed E-state index contributed by atoms with van der Waals surface area (Å²) >= 11 is 19.9. The van der Waals surface area contributed by atoms with E-state index in [9.17, 15) is 9.59 Å². The largest absolute Gasteiger partial charge is 0.272 e. The Kier molecular flexibility index (Phi) is 4.92. The lowest BCUT2D eigenvalue weighted by atomic mass is 10.4. The molecular formula is C3H2Cl4N2O2. The van der Waals surface area contributed by atoms with Gasteiger partial charge in [0.1, 0.15) is 6.42 Å². The molecule has 0 heterocycles. The summed E-state index contributed by atoms with van der Waals surface area (Å²) in [4.78, 5) is 21.1. The first-order chi connectivity index (χ1) is 4.95. The molecule has 0 bridgehead atoms. The summed E-state index contributed by atoms with van der Waals surface area (Å²) < 4.78 is 0.463. The zero-order chi connectivity index (χ0) is 9.02. The molecule has 0 fully saturated rings. The van der Waals surface area contributed by atoms with Gasteiger partial charge in [-0.2, -0.15) is 7.88 Å². The molecule has 0 rings (SSSR count). The first-order valence-corrected chi connectivity index (χ1v) is 3.59. The van der Waals surface area contributed by atoms with Crippen molar-refractivity contribution in [3.8, 4) is 0 Å². The van der Waals surface area contributed by atoms with Gasteiger partial charge in [-0.1, -0.05) is 0 Å². The second-order valence-electron chi connectivity index (χ2n) is 1.43. The van der Waals surface area contributed by atoms with Crippen LogP contribution in [0.2, 0.25) is 0 Å². The molecule has 0 radical (unpaired) electrons. The predicted octanol–water partition coefficient (Wildman–Crippen LogP) is 1.65. The average Bonchev–Trinajstić information content (AvgIpc) is 1.87. The van der Waals surface area contributed by atoms with Crippen LogP contribution in [0.25, 0.3) is 0 Å². The Morgan fingerprint density at radius 1 is 0.909 bits per heavy atom. The molecule has 0 N–H and O–H groups in total. The maximum absolute atomic E-state index is 10.6. The zero-order valence-corrected chi connectivity index (χ0v) is 7.95. The van der Waals surface area contributed by atoms with E-state index in [1.807, 2.05) is 0 Å². The van der Waals surface area contributed by atoms with Crippen molar-refractivity contribution in [2.45, 2.75) is 6.42 Å². The van der Waals surface area contributed by atoms with Gasteiger partial charge < -0.3 is 0 Å². The number of carbonyl (C=O) groups excluding carboxylic acids is 2. The third kappa shape index (κ3) is 4.53. The Hall–Kier alpha value is 0.1000. The highest BCUT2D eigenvalue weighted by Crippen LogP contribution is 2.07. The van der Waals surface area contributed by atoms with Gasteiger partial charge in [-0.05, 0) is 0 Å². The molecule has 0 aliphatic rings. The van der Waals surface area contributed by atoms with E-state index in [2.05, 4.69) is 0 Å². The third-order valence-electron chi connectivity index (χ3n) is 0.680. The van der Waals surface area contributed by atoms with E-state index in [1.54, 1.807) is 0 Å². The monoisotopic (exact) mass is 238 g/mol. The van der Waals surface area contributed by atoms with E-state index >= 15 is 0 Å². The molecule has 0 saturated heterocycles. The number of hydrogen-bond acceptors (Lipinski definition) is 2. The maximum atomic E-state index is 10.6. The van der Waals surface area contributed by atoms with Crippen LogP contribution in [0.5, 0.6) is 0 Å². The molecule has 0 atom stereocenters. The fraction of sp³-hybridized carbons (Fsp3) is 0.333. The summed E-state index contributed by atoms with van der Waals surface area (Å²) in [7, 11) is 0. The lowest BCUT2D eigenvalue weighted by molar-refractivity contribution is -0.131. The van der Waals surface area contributed by atoms with Gasteiger partial charge in [0.15, 0.2) is 0 Å². The number of amides is 2. The molecule has 0 unspecified atom stereocenters. The van der Waals surface area contributed by atoms with Crippen molar-refractivity contribution < 1.29 is 9.59 Å². The molecule has 0 aromatic carbocycles. The Labute approximate surface area is 83.0 Å². The summed E-state index contributed by atoms with van der Waals surface area (Å²) in [6.07, 6.45) is -0.569. The number of rotatable bonds is 2. The van der Waals surface area contributed by atoms with Crippen LogP contribution >= 0.6 is 47.1 Å². The Morgan fingerprint density at radius 2 is 1.18 bits per heavy atom. The Morgan fingerprint density at radius 3 is 1.36 bits per heavy atom. The minimum atomic E-state index is -0.801. The maximum Gasteiger partial charge on any atom is 0.261 e. The first-order valence-electron chi connectivity index (χ1n) is 2.24. The van der Waals surface area contributed by atoms with Gasteiger partial charge in [0, 0.05) is 47.1 Å². The smallest absolute Gasteiger partial charge is 0.261 e. The third-order valence-corrected chi connectivity index (χ3v) is 1.43. The number of halogens is 4. The molecule has 0 aliphatic heterocycles. The normalized spacial score (nSPS) is 9.09. The Balaban J connectivity index is 3.86. The van der Waals surface area contributed by atoms with E-state index in [0.717, 1.165) is 0 Å². The molecular weight excluding hydrogens is 238 g/mol. The summed E-state index contributed by atoms with van der Waals surface area (Å²) in [5.74, 6) is -1.60. The molecule has 0 aromatic heterocycles. The Bertz CT molecular complexity index is 153. The van der Waals surface area contributed by atoms with Crippen LogP contribution in [-0.2, 0) is 9.59 Å². The van der Waals surface area contributed by atoms with Gasteiger partial charge >= 0.3 is 0 Å². The lowest BCUT2D eigenvalue weighted by Gasteiger charge is -2.04. The average molecular weight is 240 g/mol. The second-order valence-corrected chi connectivity index (χ2v) is 3.13. The van der Waals surface area contributed by atoms with Crippen LogP contribution in [0.15, 0.2) is 0 Å². The van der Waals surface area contributed by atoms with Crippen molar-refractivity contribution in [1.29, 1.82) is 0 Å². The van der Waals surface area contributed by atoms with Crippen molar-refractivity contribution >= 4 is 58.9 Å². The van der Waals surface area contributed by atoms with Crippen LogP contribution in [-0.4, -0.2) is 19.7 Å². The minimum absolute atomic E-state index is 0.231. The number of hydrogen-bond donors (Lipinski definition) is 0. The standard InChI is InChI=1S/C3H2Cl4N2O2/c4-8(5)2(10)1-3(11)9(6)7/h1H2. The van der Waals surface area contributed by atoms with Gasteiger partial charge in [-0.25, -0.2) is 0 Å². The minimum Gasteiger partial charge on any atom is -0.272 e. The molecule has 11 heavy (non-hydrogen) atoms. The molecule has 4 nitrogen and oxygen atoms in total. The first kappa shape index (κ1) is 11.1. The van der Waals surface area contributed by atoms with Gasteiger partial charge in [0.2, 0.25) is 0 Å². The van der Waals surface area contributed by atoms with Crippen LogP contribution in [0.4, 0.5) is 0 Å². The second kappa shape index (κ2) is 4.87. The lowest BCUT2D eigenvalue weighted by Crippen LogP contribution is -2.21. The molecule has 64 valence electrons. The SMILES string of the molecule is O=C(CC(=O)N(Cl)Cl)N(Cl)Cl. The van der Waals surface area contributed by atoms with E-state index in [-0.39, 0.29) is 7.88 Å². The van der Waals surface area contributed by atoms with Crippen molar-refractivity contribution in [3.05, 3.63) is 0 Å². The molecule has 0 spiro atoms. The van der Waals surface area contributed by atoms with Crippen LogP contribution in [0, 0.1) is 0 Å². The summed E-state index contributed by atoms with van der Waals surface area (Å²) in [5.41, 5.74) is 0. The van der Waals surface area contributed by atoms with Crippen LogP contribution in [0.1, 0.15) is 6.42 Å². The van der Waals surface area contributed by atoms with Gasteiger partial charge in [-0.3, -0.25) is 9.59 Å². The summed E-state index contributed by atoms with van der Waals surface area (Å²) in [6.45, 7) is 0. The highest BCUT2D eigenvalue weighted by molar-refractivity contribution is 6.44. The quantitative estimate of drug-likeness (QED) is 0.543. The molecule has 0 aliphatic carbocycles. The van der Waals surface area contributed by atoms with E-state index in [4.69, 9.17) is 47.1 Å². The highest BCUT2D eigenvalue weighted by Gasteiger charge is 2.17. The van der Waals surface area contributed by atoms with Crippen LogP contribution in [0.3, 0.4) is 0 Å². The zero-order valence-electron chi connectivity index (χ0n) is 4.93. The van der Waals surface area contributed by atoms with Crippen molar-refractivity contribution in [2.24, 2.45) is 0 Å². The van der Waals surface area contributed by atoms with E-state index in [0.29, 0.717) is 0 Å². The molecule has 8 heteroatoms. The summed E-state index contributed by atoms with van der Waals surface area (Å²) in [6, 6.07) is 0. The van der Waals surface area contributed by atoms with Gasteiger partial charge in [0.05, 0.1) is 0 Å². The van der Waals surface area contributed by atoms with Crippen LogP contribution < -0.4 is 0 Å². The van der Waals surface area contributed by atoms with E-state index in [1.165, 1.54) is 0 Å². The van der Waals surface area contributed by atoms with Gasteiger partial charge in [0.25, 0.3) is 11.8 Å². The number of carbonyl (C=O) groups is 2. The van der Waals surface area contributed by atoms with Crippen molar-refractivity contribution in [3.63, 3.8) is 0 Å². The highest BCUT2D eigenvalue weighted by atomic mass is 35.5.